The van der Waals surface area contributed by atoms with E-state index in [-0.39, 0.29) is 0 Å². The van der Waals surface area contributed by atoms with Gasteiger partial charge in [-0.3, -0.25) is 9.78 Å². The third kappa shape index (κ3) is 3.51. The van der Waals surface area contributed by atoms with Gasteiger partial charge in [-0.1, -0.05) is 0 Å². The average molecular weight is 292 g/mol. The Labute approximate surface area is 123 Å². The zero-order chi connectivity index (χ0) is 15.6. The molecule has 0 bridgehead atoms. The second-order valence-electron chi connectivity index (χ2n) is 6.13. The number of carboxylic acids is 1. The summed E-state index contributed by atoms with van der Waals surface area (Å²) in [5.74, 6) is -1.53. The van der Waals surface area contributed by atoms with Crippen molar-refractivity contribution < 1.29 is 19.4 Å². The van der Waals surface area contributed by atoms with E-state index in [1.807, 2.05) is 0 Å². The molecular formula is C15H20N2O4. The van der Waals surface area contributed by atoms with E-state index in [0.717, 1.165) is 5.56 Å². The zero-order valence-corrected chi connectivity index (χ0v) is 12.4. The summed E-state index contributed by atoms with van der Waals surface area (Å²) in [6, 6.07) is 2.97. The summed E-state index contributed by atoms with van der Waals surface area (Å²) in [4.78, 5) is 29.2. The molecule has 0 saturated carbocycles. The van der Waals surface area contributed by atoms with Crippen molar-refractivity contribution in [2.75, 3.05) is 6.54 Å². The maximum atomic E-state index is 12.3. The summed E-state index contributed by atoms with van der Waals surface area (Å²) < 4.78 is 5.38. The van der Waals surface area contributed by atoms with Gasteiger partial charge in [0.1, 0.15) is 5.60 Å². The molecule has 1 aromatic rings. The van der Waals surface area contributed by atoms with Crippen LogP contribution in [0.5, 0.6) is 0 Å². The molecule has 1 aliphatic heterocycles. The van der Waals surface area contributed by atoms with E-state index >= 15 is 0 Å². The number of carbonyl (C=O) groups is 2. The summed E-state index contributed by atoms with van der Waals surface area (Å²) in [5, 5.41) is 9.38. The summed E-state index contributed by atoms with van der Waals surface area (Å²) in [7, 11) is 0. The van der Waals surface area contributed by atoms with Gasteiger partial charge in [-0.05, 0) is 44.9 Å². The van der Waals surface area contributed by atoms with Crippen molar-refractivity contribution in [2.45, 2.75) is 38.8 Å². The van der Waals surface area contributed by atoms with Gasteiger partial charge in [-0.25, -0.2) is 4.79 Å². The zero-order valence-electron chi connectivity index (χ0n) is 12.4. The third-order valence-electron chi connectivity index (χ3n) is 3.39. The maximum absolute atomic E-state index is 12.3. The molecule has 0 unspecified atom stereocenters. The molecule has 1 saturated heterocycles. The Hall–Kier alpha value is -2.11. The quantitative estimate of drug-likeness (QED) is 0.905. The normalized spacial score (nSPS) is 22.1. The number of carbonyl (C=O) groups excluding carboxylic acids is 1. The van der Waals surface area contributed by atoms with Crippen LogP contribution in [0.4, 0.5) is 4.79 Å². The number of carboxylic acid groups (broad SMARTS) is 1. The first-order valence-electron chi connectivity index (χ1n) is 6.92. The van der Waals surface area contributed by atoms with E-state index in [2.05, 4.69) is 4.98 Å². The third-order valence-corrected chi connectivity index (χ3v) is 3.39. The van der Waals surface area contributed by atoms with Crippen LogP contribution >= 0.6 is 0 Å². The Kier molecular flexibility index (Phi) is 4.16. The fourth-order valence-corrected chi connectivity index (χ4v) is 2.55. The van der Waals surface area contributed by atoms with Gasteiger partial charge in [-0.15, -0.1) is 0 Å². The molecule has 114 valence electrons. The molecule has 1 aromatic heterocycles. The standard InChI is InChI=1S/C15H20N2O4/c1-15(2,3)21-14(20)17-9-6-11(13(18)19)12(17)10-4-7-16-8-5-10/h4-5,7-8,11-12H,6,9H2,1-3H3,(H,18,19)/t11-,12+/m1/s1. The molecule has 21 heavy (non-hydrogen) atoms. The number of hydrogen-bond acceptors (Lipinski definition) is 4. The molecule has 1 N–H and O–H groups in total. The van der Waals surface area contributed by atoms with Crippen LogP contribution < -0.4 is 0 Å². The van der Waals surface area contributed by atoms with Crippen LogP contribution in [-0.2, 0) is 9.53 Å². The van der Waals surface area contributed by atoms with Crippen molar-refractivity contribution in [3.05, 3.63) is 30.1 Å². The molecule has 2 rings (SSSR count). The van der Waals surface area contributed by atoms with Crippen molar-refractivity contribution >= 4 is 12.1 Å². The van der Waals surface area contributed by atoms with E-state index in [4.69, 9.17) is 4.74 Å². The number of hydrogen-bond donors (Lipinski definition) is 1. The van der Waals surface area contributed by atoms with E-state index in [1.54, 1.807) is 45.3 Å². The lowest BCUT2D eigenvalue weighted by Gasteiger charge is -2.30. The number of rotatable bonds is 2. The summed E-state index contributed by atoms with van der Waals surface area (Å²) in [5.41, 5.74) is 0.155. The number of pyridine rings is 1. The Morgan fingerprint density at radius 3 is 2.48 bits per heavy atom. The van der Waals surface area contributed by atoms with Gasteiger partial charge in [0.15, 0.2) is 0 Å². The van der Waals surface area contributed by atoms with E-state index < -0.39 is 29.6 Å². The van der Waals surface area contributed by atoms with Gasteiger partial charge in [0, 0.05) is 18.9 Å². The van der Waals surface area contributed by atoms with Crippen LogP contribution in [0, 0.1) is 5.92 Å². The van der Waals surface area contributed by atoms with E-state index in [1.165, 1.54) is 4.90 Å². The lowest BCUT2D eigenvalue weighted by atomic mass is 9.94. The number of aromatic nitrogens is 1. The smallest absolute Gasteiger partial charge is 0.410 e. The molecule has 0 spiro atoms. The van der Waals surface area contributed by atoms with Gasteiger partial charge in [-0.2, -0.15) is 0 Å². The second-order valence-corrected chi connectivity index (χ2v) is 6.13. The van der Waals surface area contributed by atoms with E-state index in [9.17, 15) is 14.7 Å². The number of aliphatic carboxylic acids is 1. The lowest BCUT2D eigenvalue weighted by molar-refractivity contribution is -0.142. The van der Waals surface area contributed by atoms with Crippen LogP contribution in [0.15, 0.2) is 24.5 Å². The molecule has 6 nitrogen and oxygen atoms in total. The second kappa shape index (κ2) is 5.71. The number of nitrogens with zero attached hydrogens (tertiary/aromatic N) is 2. The SMILES string of the molecule is CC(C)(C)OC(=O)N1CC[C@@H](C(=O)O)[C@@H]1c1ccncc1. The minimum Gasteiger partial charge on any atom is -0.481 e. The topological polar surface area (TPSA) is 79.7 Å². The van der Waals surface area contributed by atoms with Gasteiger partial charge >= 0.3 is 12.1 Å². The van der Waals surface area contributed by atoms with Gasteiger partial charge in [0.05, 0.1) is 12.0 Å². The Bertz CT molecular complexity index is 524. The predicted octanol–water partition coefficient (Wildman–Crippen LogP) is 2.46. The number of ether oxygens (including phenoxy) is 1. The highest BCUT2D eigenvalue weighted by molar-refractivity contribution is 5.76. The van der Waals surface area contributed by atoms with Crippen LogP contribution in [-0.4, -0.2) is 39.2 Å². The van der Waals surface area contributed by atoms with E-state index in [0.29, 0.717) is 13.0 Å². The molecule has 0 aromatic carbocycles. The van der Waals surface area contributed by atoms with Crippen LogP contribution in [0.25, 0.3) is 0 Å². The molecular weight excluding hydrogens is 272 g/mol. The first kappa shape index (κ1) is 15.3. The highest BCUT2D eigenvalue weighted by atomic mass is 16.6. The minimum atomic E-state index is -0.900. The molecule has 0 aliphatic carbocycles. The molecule has 6 heteroatoms. The monoisotopic (exact) mass is 292 g/mol. The average Bonchev–Trinajstić information content (AvgIpc) is 2.82. The molecule has 2 heterocycles. The summed E-state index contributed by atoms with van der Waals surface area (Å²) in [6.45, 7) is 5.74. The van der Waals surface area contributed by atoms with Gasteiger partial charge in [0.2, 0.25) is 0 Å². The van der Waals surface area contributed by atoms with Crippen molar-refractivity contribution in [3.63, 3.8) is 0 Å². The number of amides is 1. The maximum Gasteiger partial charge on any atom is 0.410 e. The Balaban J connectivity index is 2.28. The first-order valence-corrected chi connectivity index (χ1v) is 6.92. The van der Waals surface area contributed by atoms with Crippen molar-refractivity contribution in [1.29, 1.82) is 0 Å². The van der Waals surface area contributed by atoms with Crippen LogP contribution in [0.3, 0.4) is 0 Å². The Morgan fingerprint density at radius 2 is 1.95 bits per heavy atom. The van der Waals surface area contributed by atoms with Gasteiger partial charge in [0.25, 0.3) is 0 Å². The number of likely N-dealkylation sites (tertiary alicyclic amines) is 1. The first-order chi connectivity index (χ1) is 9.79. The molecule has 0 radical (unpaired) electrons. The summed E-state index contributed by atoms with van der Waals surface area (Å²) in [6.07, 6.45) is 3.13. The predicted molar refractivity (Wildman–Crippen MR) is 75.7 cm³/mol. The van der Waals surface area contributed by atoms with Gasteiger partial charge < -0.3 is 14.7 Å². The fourth-order valence-electron chi connectivity index (χ4n) is 2.55. The van der Waals surface area contributed by atoms with Crippen LogP contribution in [0.2, 0.25) is 0 Å². The van der Waals surface area contributed by atoms with Crippen molar-refractivity contribution in [3.8, 4) is 0 Å². The molecule has 2 atom stereocenters. The fraction of sp³-hybridized carbons (Fsp3) is 0.533. The van der Waals surface area contributed by atoms with Crippen molar-refractivity contribution in [2.24, 2.45) is 5.92 Å². The highest BCUT2D eigenvalue weighted by Gasteiger charge is 2.43. The minimum absolute atomic E-state index is 0.374. The molecule has 1 fully saturated rings. The lowest BCUT2D eigenvalue weighted by Crippen LogP contribution is -2.38. The largest absolute Gasteiger partial charge is 0.481 e. The molecule has 1 aliphatic rings. The van der Waals surface area contributed by atoms with Crippen molar-refractivity contribution in [1.82, 2.24) is 9.88 Å². The molecule has 1 amide bonds. The Morgan fingerprint density at radius 1 is 1.33 bits per heavy atom. The summed E-state index contributed by atoms with van der Waals surface area (Å²) >= 11 is 0. The van der Waals surface area contributed by atoms with Crippen LogP contribution in [0.1, 0.15) is 38.8 Å². The highest BCUT2D eigenvalue weighted by Crippen LogP contribution is 2.38.